The van der Waals surface area contributed by atoms with Gasteiger partial charge >= 0.3 is 11.7 Å². The number of hydrogen-bond acceptors (Lipinski definition) is 3. The number of rotatable bonds is 5. The van der Waals surface area contributed by atoms with E-state index < -0.39 is 12.1 Å². The standard InChI is InChI=1S/C13H16N2O4/c1-7(5-12(17)18)4-11(16)8-2-3-9-10(6-8)15-13(19)14-9/h2-3,6-7,11,16H,4-5H2,1H3,(H,17,18)(H2,14,15,19). The van der Waals surface area contributed by atoms with E-state index in [0.29, 0.717) is 23.0 Å². The first-order valence-electron chi connectivity index (χ1n) is 6.07. The van der Waals surface area contributed by atoms with Gasteiger partial charge < -0.3 is 20.2 Å². The van der Waals surface area contributed by atoms with Gasteiger partial charge in [-0.05, 0) is 30.0 Å². The van der Waals surface area contributed by atoms with Crippen LogP contribution in [0.25, 0.3) is 11.0 Å². The lowest BCUT2D eigenvalue weighted by molar-refractivity contribution is -0.138. The smallest absolute Gasteiger partial charge is 0.323 e. The molecule has 0 bridgehead atoms. The number of carbonyl (C=O) groups is 1. The maximum atomic E-state index is 11.1. The summed E-state index contributed by atoms with van der Waals surface area (Å²) in [6, 6.07) is 5.14. The number of benzene rings is 1. The van der Waals surface area contributed by atoms with Crippen molar-refractivity contribution in [1.29, 1.82) is 0 Å². The number of hydrogen-bond donors (Lipinski definition) is 4. The van der Waals surface area contributed by atoms with Gasteiger partial charge in [-0.2, -0.15) is 0 Å². The highest BCUT2D eigenvalue weighted by molar-refractivity contribution is 5.75. The molecule has 0 saturated carbocycles. The predicted octanol–water partition coefficient (Wildman–Crippen LogP) is 1.39. The molecule has 19 heavy (non-hydrogen) atoms. The van der Waals surface area contributed by atoms with Gasteiger partial charge in [0.15, 0.2) is 0 Å². The Kier molecular flexibility index (Phi) is 3.71. The second-order valence-corrected chi connectivity index (χ2v) is 4.84. The molecule has 2 aromatic rings. The average molecular weight is 264 g/mol. The number of carboxylic acids is 1. The largest absolute Gasteiger partial charge is 0.481 e. The molecule has 4 N–H and O–H groups in total. The highest BCUT2D eigenvalue weighted by atomic mass is 16.4. The van der Waals surface area contributed by atoms with E-state index in [4.69, 9.17) is 5.11 Å². The molecule has 6 heteroatoms. The zero-order chi connectivity index (χ0) is 14.0. The number of carboxylic acid groups (broad SMARTS) is 1. The highest BCUT2D eigenvalue weighted by Crippen LogP contribution is 2.24. The molecule has 0 fully saturated rings. The van der Waals surface area contributed by atoms with Crippen LogP contribution in [0.4, 0.5) is 0 Å². The van der Waals surface area contributed by atoms with Gasteiger partial charge in [0.25, 0.3) is 0 Å². The normalized spacial score (nSPS) is 14.4. The van der Waals surface area contributed by atoms with Crippen molar-refractivity contribution in [1.82, 2.24) is 9.97 Å². The molecule has 0 aliphatic heterocycles. The number of H-pyrrole nitrogens is 2. The lowest BCUT2D eigenvalue weighted by Crippen LogP contribution is -2.09. The zero-order valence-electron chi connectivity index (χ0n) is 10.5. The summed E-state index contributed by atoms with van der Waals surface area (Å²) in [5, 5.41) is 18.8. The number of fused-ring (bicyclic) bond motifs is 1. The van der Waals surface area contributed by atoms with E-state index in [0.717, 1.165) is 0 Å². The van der Waals surface area contributed by atoms with E-state index in [-0.39, 0.29) is 18.0 Å². The Morgan fingerprint density at radius 2 is 2.00 bits per heavy atom. The Bertz CT molecular complexity index is 643. The molecule has 1 aromatic heterocycles. The van der Waals surface area contributed by atoms with Crippen molar-refractivity contribution in [3.63, 3.8) is 0 Å². The second-order valence-electron chi connectivity index (χ2n) is 4.84. The van der Waals surface area contributed by atoms with Gasteiger partial charge in [-0.15, -0.1) is 0 Å². The molecule has 2 atom stereocenters. The number of aromatic amines is 2. The SMILES string of the molecule is CC(CC(=O)O)CC(O)c1ccc2[nH]c(=O)[nH]c2c1. The summed E-state index contributed by atoms with van der Waals surface area (Å²) in [6.07, 6.45) is -0.343. The lowest BCUT2D eigenvalue weighted by Gasteiger charge is -2.15. The van der Waals surface area contributed by atoms with Crippen LogP contribution in [0.3, 0.4) is 0 Å². The molecular weight excluding hydrogens is 248 g/mol. The van der Waals surface area contributed by atoms with Gasteiger partial charge in [-0.3, -0.25) is 4.79 Å². The molecule has 1 aromatic carbocycles. The Hall–Kier alpha value is -2.08. The minimum atomic E-state index is -0.870. The molecule has 0 saturated heterocycles. The molecule has 102 valence electrons. The van der Waals surface area contributed by atoms with Crippen LogP contribution in [0.5, 0.6) is 0 Å². The number of aliphatic hydroxyl groups excluding tert-OH is 1. The fraction of sp³-hybridized carbons (Fsp3) is 0.385. The van der Waals surface area contributed by atoms with Crippen LogP contribution in [-0.4, -0.2) is 26.2 Å². The highest BCUT2D eigenvalue weighted by Gasteiger charge is 2.15. The zero-order valence-corrected chi connectivity index (χ0v) is 10.5. The molecule has 6 nitrogen and oxygen atoms in total. The first-order chi connectivity index (χ1) is 8.95. The molecule has 0 aliphatic rings. The Morgan fingerprint density at radius 3 is 2.68 bits per heavy atom. The fourth-order valence-electron chi connectivity index (χ4n) is 2.16. The summed E-state index contributed by atoms with van der Waals surface area (Å²) in [4.78, 5) is 27.0. The summed E-state index contributed by atoms with van der Waals surface area (Å²) >= 11 is 0. The number of imidazole rings is 1. The Labute approximate surface area is 109 Å². The quantitative estimate of drug-likeness (QED) is 0.654. The number of aliphatic hydroxyl groups is 1. The third kappa shape index (κ3) is 3.23. The summed E-state index contributed by atoms with van der Waals surface area (Å²) in [6.45, 7) is 1.79. The molecule has 0 spiro atoms. The maximum absolute atomic E-state index is 11.1. The average Bonchev–Trinajstić information content (AvgIpc) is 2.66. The Morgan fingerprint density at radius 1 is 1.32 bits per heavy atom. The first kappa shape index (κ1) is 13.4. The van der Waals surface area contributed by atoms with Crippen LogP contribution in [-0.2, 0) is 4.79 Å². The van der Waals surface area contributed by atoms with E-state index >= 15 is 0 Å². The summed E-state index contributed by atoms with van der Waals surface area (Å²) in [7, 11) is 0. The van der Waals surface area contributed by atoms with Crippen LogP contribution in [0.15, 0.2) is 23.0 Å². The molecule has 2 rings (SSSR count). The Balaban J connectivity index is 2.14. The third-order valence-corrected chi connectivity index (χ3v) is 3.07. The van der Waals surface area contributed by atoms with Crippen LogP contribution in [0.1, 0.15) is 31.4 Å². The topological polar surface area (TPSA) is 106 Å². The van der Waals surface area contributed by atoms with Crippen molar-refractivity contribution in [2.75, 3.05) is 0 Å². The summed E-state index contributed by atoms with van der Waals surface area (Å²) < 4.78 is 0. The summed E-state index contributed by atoms with van der Waals surface area (Å²) in [5.74, 6) is -0.987. The van der Waals surface area contributed by atoms with E-state index in [1.54, 1.807) is 25.1 Å². The van der Waals surface area contributed by atoms with Crippen molar-refractivity contribution in [3.05, 3.63) is 34.2 Å². The van der Waals surface area contributed by atoms with Crippen LogP contribution >= 0.6 is 0 Å². The second kappa shape index (κ2) is 5.27. The molecule has 0 aliphatic carbocycles. The number of aromatic nitrogens is 2. The van der Waals surface area contributed by atoms with Crippen molar-refractivity contribution in [2.24, 2.45) is 5.92 Å². The van der Waals surface area contributed by atoms with Crippen LogP contribution in [0.2, 0.25) is 0 Å². The maximum Gasteiger partial charge on any atom is 0.323 e. The third-order valence-electron chi connectivity index (χ3n) is 3.07. The van der Waals surface area contributed by atoms with Gasteiger partial charge in [0, 0.05) is 6.42 Å². The van der Waals surface area contributed by atoms with Crippen molar-refractivity contribution < 1.29 is 15.0 Å². The van der Waals surface area contributed by atoms with Gasteiger partial charge in [-0.1, -0.05) is 13.0 Å². The van der Waals surface area contributed by atoms with E-state index in [9.17, 15) is 14.7 Å². The molecular formula is C13H16N2O4. The molecule has 2 unspecified atom stereocenters. The van der Waals surface area contributed by atoms with Crippen LogP contribution in [0, 0.1) is 5.92 Å². The number of aliphatic carboxylic acids is 1. The van der Waals surface area contributed by atoms with E-state index in [2.05, 4.69) is 9.97 Å². The van der Waals surface area contributed by atoms with Crippen LogP contribution < -0.4 is 5.69 Å². The minimum absolute atomic E-state index is 0.0281. The number of nitrogens with one attached hydrogen (secondary N) is 2. The van der Waals surface area contributed by atoms with Gasteiger partial charge in [-0.25, -0.2) is 4.79 Å². The molecule has 0 radical (unpaired) electrons. The van der Waals surface area contributed by atoms with Crippen molar-refractivity contribution in [3.8, 4) is 0 Å². The van der Waals surface area contributed by atoms with E-state index in [1.807, 2.05) is 0 Å². The summed E-state index contributed by atoms with van der Waals surface area (Å²) in [5.41, 5.74) is 1.69. The van der Waals surface area contributed by atoms with Gasteiger partial charge in [0.05, 0.1) is 17.1 Å². The van der Waals surface area contributed by atoms with E-state index in [1.165, 1.54) is 0 Å². The monoisotopic (exact) mass is 264 g/mol. The van der Waals surface area contributed by atoms with Gasteiger partial charge in [0.2, 0.25) is 0 Å². The minimum Gasteiger partial charge on any atom is -0.481 e. The first-order valence-corrected chi connectivity index (χ1v) is 6.07. The predicted molar refractivity (Wildman–Crippen MR) is 69.9 cm³/mol. The fourth-order valence-corrected chi connectivity index (χ4v) is 2.16. The molecule has 1 heterocycles. The van der Waals surface area contributed by atoms with Gasteiger partial charge in [0.1, 0.15) is 0 Å². The van der Waals surface area contributed by atoms with Crippen molar-refractivity contribution >= 4 is 17.0 Å². The molecule has 0 amide bonds. The van der Waals surface area contributed by atoms with Crippen molar-refractivity contribution in [2.45, 2.75) is 25.9 Å². The lowest BCUT2D eigenvalue weighted by atomic mass is 9.96.